The maximum Gasteiger partial charge on any atom is 0.171 e. The number of aromatic nitrogens is 1. The number of hydrogen-bond acceptors (Lipinski definition) is 3. The molecule has 1 aromatic carbocycles. The Morgan fingerprint density at radius 2 is 1.72 bits per heavy atom. The van der Waals surface area contributed by atoms with Gasteiger partial charge in [-0.3, -0.25) is 0 Å². The van der Waals surface area contributed by atoms with Crippen molar-refractivity contribution in [3.05, 3.63) is 53.7 Å². The van der Waals surface area contributed by atoms with E-state index in [2.05, 4.69) is 56.9 Å². The number of anilines is 2. The fourth-order valence-electron chi connectivity index (χ4n) is 3.74. The minimum absolute atomic E-state index is 0.518. The maximum absolute atomic E-state index is 5.44. The second kappa shape index (κ2) is 7.40. The average molecular weight is 353 g/mol. The molecule has 25 heavy (non-hydrogen) atoms. The third kappa shape index (κ3) is 3.93. The molecular weight excluding hydrogens is 328 g/mol. The Hall–Kier alpha value is -2.14. The summed E-state index contributed by atoms with van der Waals surface area (Å²) in [4.78, 5) is 6.92. The van der Waals surface area contributed by atoms with Gasteiger partial charge in [0.25, 0.3) is 0 Å². The normalized spacial score (nSPS) is 17.2. The molecule has 0 unspecified atom stereocenters. The third-order valence-electron chi connectivity index (χ3n) is 5.11. The Labute approximate surface area is 154 Å². The van der Waals surface area contributed by atoms with Crippen LogP contribution in [0.1, 0.15) is 43.2 Å². The highest BCUT2D eigenvalue weighted by Gasteiger charge is 2.19. The van der Waals surface area contributed by atoms with E-state index >= 15 is 0 Å². The second-order valence-corrected chi connectivity index (χ2v) is 7.37. The van der Waals surface area contributed by atoms with Crippen LogP contribution in [-0.4, -0.2) is 16.1 Å². The molecule has 1 saturated carbocycles. The van der Waals surface area contributed by atoms with Crippen molar-refractivity contribution in [3.63, 3.8) is 0 Å². The number of rotatable bonds is 3. The highest BCUT2D eigenvalue weighted by atomic mass is 32.1. The van der Waals surface area contributed by atoms with E-state index in [1.807, 2.05) is 6.20 Å². The Morgan fingerprint density at radius 1 is 1.00 bits per heavy atom. The molecule has 1 aliphatic heterocycles. The predicted molar refractivity (Wildman–Crippen MR) is 107 cm³/mol. The largest absolute Gasteiger partial charge is 0.360 e. The van der Waals surface area contributed by atoms with Crippen LogP contribution in [0.15, 0.2) is 42.6 Å². The van der Waals surface area contributed by atoms with Crippen LogP contribution in [0.3, 0.4) is 0 Å². The quantitative estimate of drug-likeness (QED) is 0.810. The summed E-state index contributed by atoms with van der Waals surface area (Å²) in [6, 6.07) is 13.2. The molecule has 0 amide bonds. The molecule has 2 aliphatic rings. The molecule has 0 spiro atoms. The average Bonchev–Trinajstić information content (AvgIpc) is 3.07. The Kier molecular flexibility index (Phi) is 4.83. The van der Waals surface area contributed by atoms with Crippen molar-refractivity contribution in [2.75, 3.05) is 10.2 Å². The number of thiocarbonyl (C=S) groups is 1. The van der Waals surface area contributed by atoms with Crippen molar-refractivity contribution in [2.24, 2.45) is 0 Å². The van der Waals surface area contributed by atoms with Gasteiger partial charge in [-0.15, -0.1) is 0 Å². The Balaban J connectivity index is 1.34. The van der Waals surface area contributed by atoms with E-state index in [1.54, 1.807) is 0 Å². The Bertz CT molecular complexity index is 713. The Morgan fingerprint density at radius 3 is 2.36 bits per heavy atom. The zero-order valence-corrected chi connectivity index (χ0v) is 15.2. The summed E-state index contributed by atoms with van der Waals surface area (Å²) < 4.78 is 0. The van der Waals surface area contributed by atoms with Crippen molar-refractivity contribution in [2.45, 2.75) is 51.2 Å². The molecule has 0 atom stereocenters. The lowest BCUT2D eigenvalue weighted by Gasteiger charge is -2.24. The first-order valence-electron chi connectivity index (χ1n) is 9.13. The third-order valence-corrected chi connectivity index (χ3v) is 5.33. The molecule has 130 valence electrons. The van der Waals surface area contributed by atoms with Crippen molar-refractivity contribution in [3.8, 4) is 0 Å². The number of pyridine rings is 1. The summed E-state index contributed by atoms with van der Waals surface area (Å²) in [5, 5.41) is 7.40. The highest BCUT2D eigenvalue weighted by Crippen LogP contribution is 2.27. The summed E-state index contributed by atoms with van der Waals surface area (Å²) in [6.07, 6.45) is 8.25. The van der Waals surface area contributed by atoms with E-state index in [0.717, 1.165) is 24.6 Å². The molecule has 1 aromatic heterocycles. The second-order valence-electron chi connectivity index (χ2n) is 6.96. The van der Waals surface area contributed by atoms with Crippen molar-refractivity contribution < 1.29 is 0 Å². The first kappa shape index (κ1) is 16.3. The zero-order valence-electron chi connectivity index (χ0n) is 14.4. The number of nitrogens with one attached hydrogen (secondary N) is 2. The minimum atomic E-state index is 0.518. The van der Waals surface area contributed by atoms with E-state index in [9.17, 15) is 0 Å². The summed E-state index contributed by atoms with van der Waals surface area (Å²) in [7, 11) is 0. The smallest absolute Gasteiger partial charge is 0.171 e. The molecule has 2 aromatic rings. The lowest BCUT2D eigenvalue weighted by Crippen LogP contribution is -2.38. The van der Waals surface area contributed by atoms with Gasteiger partial charge in [-0.1, -0.05) is 43.5 Å². The van der Waals surface area contributed by atoms with Crippen molar-refractivity contribution >= 4 is 28.8 Å². The van der Waals surface area contributed by atoms with Gasteiger partial charge in [0.05, 0.1) is 11.9 Å². The number of benzene rings is 1. The minimum Gasteiger partial charge on any atom is -0.360 e. The standard InChI is InChI=1S/C20H24N4S/c25-20(22-17-8-2-1-3-9-17)23-18-10-11-19(21-12-18)24-13-15-6-4-5-7-16(15)14-24/h4-7,10-12,17H,1-3,8-9,13-14H2,(H2,22,23,25). The van der Waals surface area contributed by atoms with E-state index in [0.29, 0.717) is 11.2 Å². The molecule has 1 aliphatic carbocycles. The molecule has 1 fully saturated rings. The van der Waals surface area contributed by atoms with Crippen LogP contribution in [0.4, 0.5) is 11.5 Å². The van der Waals surface area contributed by atoms with Crippen LogP contribution in [-0.2, 0) is 13.1 Å². The molecule has 4 rings (SSSR count). The van der Waals surface area contributed by atoms with E-state index in [4.69, 9.17) is 12.2 Å². The van der Waals surface area contributed by atoms with E-state index in [-0.39, 0.29) is 0 Å². The van der Waals surface area contributed by atoms with Crippen molar-refractivity contribution in [1.82, 2.24) is 10.3 Å². The first-order chi connectivity index (χ1) is 12.3. The van der Waals surface area contributed by atoms with Gasteiger partial charge < -0.3 is 15.5 Å². The molecule has 2 heterocycles. The topological polar surface area (TPSA) is 40.2 Å². The summed E-state index contributed by atoms with van der Waals surface area (Å²) in [5.41, 5.74) is 3.72. The SMILES string of the molecule is S=C(Nc1ccc(N2Cc3ccccc3C2)nc1)NC1CCCCC1. The molecular formula is C20H24N4S. The number of fused-ring (bicyclic) bond motifs is 1. The molecule has 0 bridgehead atoms. The fraction of sp³-hybridized carbons (Fsp3) is 0.400. The van der Waals surface area contributed by atoms with Crippen LogP contribution in [0.25, 0.3) is 0 Å². The van der Waals surface area contributed by atoms with Gasteiger partial charge in [-0.2, -0.15) is 0 Å². The highest BCUT2D eigenvalue weighted by molar-refractivity contribution is 7.80. The van der Waals surface area contributed by atoms with Gasteiger partial charge in [0, 0.05) is 19.1 Å². The van der Waals surface area contributed by atoms with Crippen LogP contribution in [0, 0.1) is 0 Å². The van der Waals surface area contributed by atoms with Crippen molar-refractivity contribution in [1.29, 1.82) is 0 Å². The summed E-state index contributed by atoms with van der Waals surface area (Å²) in [5.74, 6) is 1.01. The zero-order chi connectivity index (χ0) is 17.1. The lowest BCUT2D eigenvalue weighted by molar-refractivity contribution is 0.415. The molecule has 0 saturated heterocycles. The van der Waals surface area contributed by atoms with Gasteiger partial charge in [0.1, 0.15) is 5.82 Å². The van der Waals surface area contributed by atoms with Crippen LogP contribution in [0.2, 0.25) is 0 Å². The predicted octanol–water partition coefficient (Wildman–Crippen LogP) is 4.22. The van der Waals surface area contributed by atoms with Gasteiger partial charge in [-0.05, 0) is 48.3 Å². The molecule has 2 N–H and O–H groups in total. The van der Waals surface area contributed by atoms with Gasteiger partial charge in [0.15, 0.2) is 5.11 Å². The molecule has 0 radical (unpaired) electrons. The fourth-order valence-corrected chi connectivity index (χ4v) is 4.03. The number of hydrogen-bond donors (Lipinski definition) is 2. The van der Waals surface area contributed by atoms with Crippen LogP contribution < -0.4 is 15.5 Å². The van der Waals surface area contributed by atoms with Crippen LogP contribution >= 0.6 is 12.2 Å². The molecule has 4 nitrogen and oxygen atoms in total. The lowest BCUT2D eigenvalue weighted by atomic mass is 9.96. The summed E-state index contributed by atoms with van der Waals surface area (Å²) >= 11 is 5.44. The van der Waals surface area contributed by atoms with E-state index < -0.39 is 0 Å². The van der Waals surface area contributed by atoms with Crippen LogP contribution in [0.5, 0.6) is 0 Å². The first-order valence-corrected chi connectivity index (χ1v) is 9.54. The monoisotopic (exact) mass is 352 g/mol. The van der Waals surface area contributed by atoms with Gasteiger partial charge in [-0.25, -0.2) is 4.98 Å². The van der Waals surface area contributed by atoms with Gasteiger partial charge >= 0.3 is 0 Å². The van der Waals surface area contributed by atoms with E-state index in [1.165, 1.54) is 43.2 Å². The number of nitrogens with zero attached hydrogens (tertiary/aromatic N) is 2. The van der Waals surface area contributed by atoms with Gasteiger partial charge in [0.2, 0.25) is 0 Å². The maximum atomic E-state index is 5.44. The summed E-state index contributed by atoms with van der Waals surface area (Å²) in [6.45, 7) is 1.86. The molecule has 5 heteroatoms.